The fraction of sp³-hybridized carbons (Fsp3) is 0.455. The lowest BCUT2D eigenvalue weighted by Gasteiger charge is -2.07. The number of rotatable bonds is 1. The van der Waals surface area contributed by atoms with E-state index in [1.54, 1.807) is 7.11 Å². The molecule has 0 saturated carbocycles. The summed E-state index contributed by atoms with van der Waals surface area (Å²) in [5, 5.41) is 0. The van der Waals surface area contributed by atoms with Crippen molar-refractivity contribution in [1.82, 2.24) is 0 Å². The van der Waals surface area contributed by atoms with E-state index in [0.717, 1.165) is 11.5 Å². The summed E-state index contributed by atoms with van der Waals surface area (Å²) in [6.45, 7) is 4.27. The fourth-order valence-corrected chi connectivity index (χ4v) is 1.67. The number of methoxy groups -OCH3 is 1. The van der Waals surface area contributed by atoms with Crippen LogP contribution in [0.25, 0.3) is 0 Å². The van der Waals surface area contributed by atoms with Gasteiger partial charge in [0.15, 0.2) is 0 Å². The average molecular weight is 178 g/mol. The van der Waals surface area contributed by atoms with Crippen LogP contribution in [0.15, 0.2) is 18.2 Å². The van der Waals surface area contributed by atoms with Gasteiger partial charge < -0.3 is 9.47 Å². The molecule has 1 aromatic carbocycles. The number of hydrogen-bond acceptors (Lipinski definition) is 2. The summed E-state index contributed by atoms with van der Waals surface area (Å²) in [5.74, 6) is 2.37. The Hall–Kier alpha value is -1.18. The first-order chi connectivity index (χ1) is 6.22. The molecule has 2 nitrogen and oxygen atoms in total. The second-order valence-electron chi connectivity index (χ2n) is 3.52. The Labute approximate surface area is 78.5 Å². The molecule has 0 N–H and O–H groups in total. The van der Waals surface area contributed by atoms with Crippen molar-refractivity contribution in [1.29, 1.82) is 0 Å². The molecule has 13 heavy (non-hydrogen) atoms. The molecule has 2 unspecified atom stereocenters. The highest BCUT2D eigenvalue weighted by atomic mass is 16.5. The zero-order valence-electron chi connectivity index (χ0n) is 8.20. The van der Waals surface area contributed by atoms with E-state index in [9.17, 15) is 0 Å². The number of hydrogen-bond donors (Lipinski definition) is 0. The lowest BCUT2D eigenvalue weighted by molar-refractivity contribution is 0.232. The van der Waals surface area contributed by atoms with Gasteiger partial charge in [0.1, 0.15) is 17.6 Å². The van der Waals surface area contributed by atoms with Crippen LogP contribution in [-0.2, 0) is 0 Å². The highest BCUT2D eigenvalue weighted by Crippen LogP contribution is 2.39. The fourth-order valence-electron chi connectivity index (χ4n) is 1.67. The zero-order chi connectivity index (χ0) is 9.42. The van der Waals surface area contributed by atoms with Gasteiger partial charge in [-0.15, -0.1) is 0 Å². The van der Waals surface area contributed by atoms with Gasteiger partial charge in [0.25, 0.3) is 0 Å². The van der Waals surface area contributed by atoms with Crippen LogP contribution < -0.4 is 9.47 Å². The molecule has 1 heterocycles. The number of fused-ring (bicyclic) bond motifs is 1. The van der Waals surface area contributed by atoms with Crippen molar-refractivity contribution in [2.45, 2.75) is 25.9 Å². The van der Waals surface area contributed by atoms with Crippen molar-refractivity contribution >= 4 is 0 Å². The Morgan fingerprint density at radius 3 is 2.77 bits per heavy atom. The summed E-state index contributed by atoms with van der Waals surface area (Å²) < 4.78 is 10.8. The molecule has 0 aromatic heterocycles. The highest BCUT2D eigenvalue weighted by molar-refractivity contribution is 5.45. The lowest BCUT2D eigenvalue weighted by atomic mass is 9.98. The average Bonchev–Trinajstić information content (AvgIpc) is 2.43. The van der Waals surface area contributed by atoms with E-state index in [0.29, 0.717) is 5.92 Å². The van der Waals surface area contributed by atoms with Crippen LogP contribution in [0.4, 0.5) is 0 Å². The summed E-state index contributed by atoms with van der Waals surface area (Å²) >= 11 is 0. The maximum atomic E-state index is 5.66. The van der Waals surface area contributed by atoms with Gasteiger partial charge in [-0.05, 0) is 25.1 Å². The quantitative estimate of drug-likeness (QED) is 0.658. The predicted molar refractivity (Wildman–Crippen MR) is 51.5 cm³/mol. The van der Waals surface area contributed by atoms with Gasteiger partial charge >= 0.3 is 0 Å². The third kappa shape index (κ3) is 1.26. The van der Waals surface area contributed by atoms with E-state index in [1.807, 2.05) is 12.1 Å². The van der Waals surface area contributed by atoms with E-state index >= 15 is 0 Å². The molecule has 0 aliphatic carbocycles. The Balaban J connectivity index is 2.42. The van der Waals surface area contributed by atoms with E-state index in [-0.39, 0.29) is 6.10 Å². The van der Waals surface area contributed by atoms with Crippen molar-refractivity contribution in [2.75, 3.05) is 7.11 Å². The Morgan fingerprint density at radius 1 is 1.31 bits per heavy atom. The van der Waals surface area contributed by atoms with Crippen LogP contribution in [0.2, 0.25) is 0 Å². The molecule has 0 spiro atoms. The van der Waals surface area contributed by atoms with Crippen molar-refractivity contribution in [3.63, 3.8) is 0 Å². The summed E-state index contributed by atoms with van der Waals surface area (Å²) in [4.78, 5) is 0. The largest absolute Gasteiger partial charge is 0.497 e. The van der Waals surface area contributed by atoms with Crippen LogP contribution in [0.5, 0.6) is 11.5 Å². The molecule has 2 heteroatoms. The van der Waals surface area contributed by atoms with Crippen LogP contribution in [0.1, 0.15) is 25.3 Å². The zero-order valence-corrected chi connectivity index (χ0v) is 8.20. The molecule has 1 aliphatic heterocycles. The summed E-state index contributed by atoms with van der Waals surface area (Å²) in [6.07, 6.45) is 0.280. The van der Waals surface area contributed by atoms with Crippen LogP contribution in [0.3, 0.4) is 0 Å². The van der Waals surface area contributed by atoms with E-state index < -0.39 is 0 Å². The highest BCUT2D eigenvalue weighted by Gasteiger charge is 2.27. The van der Waals surface area contributed by atoms with Gasteiger partial charge in [-0.2, -0.15) is 0 Å². The SMILES string of the molecule is COc1ccc2c(c1)C(C)C(C)O2. The minimum absolute atomic E-state index is 0.280. The maximum Gasteiger partial charge on any atom is 0.123 e. The van der Waals surface area contributed by atoms with Gasteiger partial charge in [-0.25, -0.2) is 0 Å². The molecular weight excluding hydrogens is 164 g/mol. The predicted octanol–water partition coefficient (Wildman–Crippen LogP) is 2.58. The van der Waals surface area contributed by atoms with E-state index in [2.05, 4.69) is 19.9 Å². The summed E-state index contributed by atoms with van der Waals surface area (Å²) in [7, 11) is 1.69. The van der Waals surface area contributed by atoms with Crippen molar-refractivity contribution < 1.29 is 9.47 Å². The van der Waals surface area contributed by atoms with Gasteiger partial charge in [0, 0.05) is 11.5 Å². The Kier molecular flexibility index (Phi) is 1.91. The monoisotopic (exact) mass is 178 g/mol. The maximum absolute atomic E-state index is 5.66. The van der Waals surface area contributed by atoms with E-state index in [1.165, 1.54) is 5.56 Å². The molecule has 1 aromatic rings. The third-order valence-corrected chi connectivity index (χ3v) is 2.72. The van der Waals surface area contributed by atoms with Gasteiger partial charge in [0.05, 0.1) is 7.11 Å². The van der Waals surface area contributed by atoms with Gasteiger partial charge in [0.2, 0.25) is 0 Å². The van der Waals surface area contributed by atoms with Crippen LogP contribution in [-0.4, -0.2) is 13.2 Å². The summed E-state index contributed by atoms with van der Waals surface area (Å²) in [6, 6.07) is 5.97. The second kappa shape index (κ2) is 2.95. The van der Waals surface area contributed by atoms with Crippen molar-refractivity contribution in [3.05, 3.63) is 23.8 Å². The first-order valence-electron chi connectivity index (χ1n) is 4.57. The first kappa shape index (κ1) is 8.42. The van der Waals surface area contributed by atoms with Gasteiger partial charge in [-0.1, -0.05) is 6.92 Å². The second-order valence-corrected chi connectivity index (χ2v) is 3.52. The minimum Gasteiger partial charge on any atom is -0.497 e. The van der Waals surface area contributed by atoms with Gasteiger partial charge in [-0.3, -0.25) is 0 Å². The van der Waals surface area contributed by atoms with Crippen molar-refractivity contribution in [2.24, 2.45) is 0 Å². The molecule has 2 rings (SSSR count). The van der Waals surface area contributed by atoms with Crippen molar-refractivity contribution in [3.8, 4) is 11.5 Å². The topological polar surface area (TPSA) is 18.5 Å². The van der Waals surface area contributed by atoms with Crippen LogP contribution in [0, 0.1) is 0 Å². The molecule has 0 fully saturated rings. The normalized spacial score (nSPS) is 25.2. The third-order valence-electron chi connectivity index (χ3n) is 2.72. The Morgan fingerprint density at radius 2 is 2.08 bits per heavy atom. The molecule has 0 bridgehead atoms. The molecule has 0 radical (unpaired) electrons. The first-order valence-corrected chi connectivity index (χ1v) is 4.57. The molecule has 1 aliphatic rings. The smallest absolute Gasteiger partial charge is 0.123 e. The summed E-state index contributed by atoms with van der Waals surface area (Å²) in [5.41, 5.74) is 1.26. The van der Waals surface area contributed by atoms with Crippen LogP contribution >= 0.6 is 0 Å². The molecule has 0 saturated heterocycles. The Bertz CT molecular complexity index is 320. The lowest BCUT2D eigenvalue weighted by Crippen LogP contribution is -2.10. The number of benzene rings is 1. The van der Waals surface area contributed by atoms with E-state index in [4.69, 9.17) is 9.47 Å². The molecule has 2 atom stereocenters. The standard InChI is InChI=1S/C11H14O2/c1-7-8(2)13-11-5-4-9(12-3)6-10(7)11/h4-8H,1-3H3. The number of ether oxygens (including phenoxy) is 2. The molecule has 0 amide bonds. The molecular formula is C11H14O2. The minimum atomic E-state index is 0.280. The molecule has 70 valence electrons.